The van der Waals surface area contributed by atoms with E-state index in [0.29, 0.717) is 11.3 Å². The Balaban J connectivity index is 1.85. The number of ketones is 1. The first-order valence-electron chi connectivity index (χ1n) is 6.57. The molecule has 2 aromatic carbocycles. The van der Waals surface area contributed by atoms with Crippen molar-refractivity contribution < 1.29 is 9.59 Å². The van der Waals surface area contributed by atoms with Crippen LogP contribution in [0.5, 0.6) is 0 Å². The molecule has 0 fully saturated rings. The number of Topliss-reactive ketones (excluding diaryl/α,β-unsaturated/α-hetero) is 1. The largest absolute Gasteiger partial charge is 0.324 e. The molecule has 1 heterocycles. The molecule has 1 aliphatic heterocycles. The fourth-order valence-corrected chi connectivity index (χ4v) is 3.30. The van der Waals surface area contributed by atoms with Crippen LogP contribution >= 0.6 is 11.9 Å². The van der Waals surface area contributed by atoms with E-state index in [1.165, 1.54) is 11.9 Å². The number of benzene rings is 2. The predicted octanol–water partition coefficient (Wildman–Crippen LogP) is 2.83. The van der Waals surface area contributed by atoms with Crippen molar-refractivity contribution in [3.05, 3.63) is 60.2 Å². The van der Waals surface area contributed by atoms with E-state index in [0.717, 1.165) is 4.90 Å². The highest BCUT2D eigenvalue weighted by atomic mass is 32.2. The van der Waals surface area contributed by atoms with Gasteiger partial charge in [-0.15, -0.1) is 0 Å². The minimum absolute atomic E-state index is 0.166. The van der Waals surface area contributed by atoms with Crippen molar-refractivity contribution in [3.63, 3.8) is 0 Å². The van der Waals surface area contributed by atoms with Crippen molar-refractivity contribution in [2.75, 3.05) is 12.4 Å². The van der Waals surface area contributed by atoms with Crippen LogP contribution in [0.2, 0.25) is 0 Å². The van der Waals surface area contributed by atoms with Gasteiger partial charge in [-0.25, -0.2) is 4.31 Å². The SMILES string of the molecule is CN1Sc2ccccc2C(=O)C1C(=O)Nc1ccccc1. The van der Waals surface area contributed by atoms with Gasteiger partial charge in [0.25, 0.3) is 5.91 Å². The summed E-state index contributed by atoms with van der Waals surface area (Å²) < 4.78 is 1.70. The zero-order chi connectivity index (χ0) is 14.8. The molecule has 0 radical (unpaired) electrons. The first-order valence-corrected chi connectivity index (χ1v) is 7.34. The van der Waals surface area contributed by atoms with Gasteiger partial charge in [-0.3, -0.25) is 9.59 Å². The standard InChI is InChI=1S/C16H14N2O2S/c1-18-14(16(20)17-11-7-3-2-4-8-11)15(19)12-9-5-6-10-13(12)21-18/h2-10,14H,1H3,(H,17,20). The Labute approximate surface area is 127 Å². The van der Waals surface area contributed by atoms with E-state index in [2.05, 4.69) is 5.32 Å². The molecular formula is C16H14N2O2S. The van der Waals surface area contributed by atoms with Crippen LogP contribution in [0.4, 0.5) is 5.69 Å². The van der Waals surface area contributed by atoms with Gasteiger partial charge >= 0.3 is 0 Å². The summed E-state index contributed by atoms with van der Waals surface area (Å²) in [4.78, 5) is 25.8. The smallest absolute Gasteiger partial charge is 0.250 e. The molecule has 0 saturated heterocycles. The number of nitrogens with one attached hydrogen (secondary N) is 1. The van der Waals surface area contributed by atoms with Gasteiger partial charge in [0.2, 0.25) is 0 Å². The number of carbonyl (C=O) groups excluding carboxylic acids is 2. The minimum atomic E-state index is -0.815. The van der Waals surface area contributed by atoms with E-state index < -0.39 is 6.04 Å². The number of hydrogen-bond donors (Lipinski definition) is 1. The van der Waals surface area contributed by atoms with Gasteiger partial charge in [-0.05, 0) is 37.2 Å². The Morgan fingerprint density at radius 1 is 1.10 bits per heavy atom. The molecule has 0 aromatic heterocycles. The third-order valence-electron chi connectivity index (χ3n) is 3.30. The maximum Gasteiger partial charge on any atom is 0.250 e. The second-order valence-electron chi connectivity index (χ2n) is 4.76. The number of carbonyl (C=O) groups is 2. The summed E-state index contributed by atoms with van der Waals surface area (Å²) in [5.41, 5.74) is 1.29. The fraction of sp³-hybridized carbons (Fsp3) is 0.125. The number of likely N-dealkylation sites (N-methyl/N-ethyl adjacent to an activating group) is 1. The number of amides is 1. The van der Waals surface area contributed by atoms with Crippen molar-refractivity contribution >= 4 is 29.3 Å². The van der Waals surface area contributed by atoms with Crippen LogP contribution in [0, 0.1) is 0 Å². The molecule has 1 aliphatic rings. The van der Waals surface area contributed by atoms with Crippen LogP contribution < -0.4 is 5.32 Å². The highest BCUT2D eigenvalue weighted by molar-refractivity contribution is 7.97. The van der Waals surface area contributed by atoms with Crippen molar-refractivity contribution in [1.82, 2.24) is 4.31 Å². The van der Waals surface area contributed by atoms with Gasteiger partial charge in [0.15, 0.2) is 11.8 Å². The Hall–Kier alpha value is -2.11. The van der Waals surface area contributed by atoms with Gasteiger partial charge in [0.1, 0.15) is 0 Å². The molecule has 0 aliphatic carbocycles. The summed E-state index contributed by atoms with van der Waals surface area (Å²) in [7, 11) is 1.76. The molecule has 0 saturated carbocycles. The van der Waals surface area contributed by atoms with Gasteiger partial charge in [-0.1, -0.05) is 36.4 Å². The molecular weight excluding hydrogens is 284 g/mol. The molecule has 1 unspecified atom stereocenters. The maximum atomic E-state index is 12.5. The minimum Gasteiger partial charge on any atom is -0.324 e. The molecule has 3 rings (SSSR count). The Morgan fingerprint density at radius 3 is 2.52 bits per heavy atom. The first-order chi connectivity index (χ1) is 10.2. The Morgan fingerprint density at radius 2 is 1.76 bits per heavy atom. The summed E-state index contributed by atoms with van der Waals surface area (Å²) in [6.45, 7) is 0. The molecule has 0 spiro atoms. The topological polar surface area (TPSA) is 49.4 Å². The lowest BCUT2D eigenvalue weighted by molar-refractivity contribution is -0.118. The number of fused-ring (bicyclic) bond motifs is 1. The van der Waals surface area contributed by atoms with E-state index in [9.17, 15) is 9.59 Å². The highest BCUT2D eigenvalue weighted by Crippen LogP contribution is 2.34. The van der Waals surface area contributed by atoms with Gasteiger partial charge in [0, 0.05) is 16.1 Å². The second-order valence-corrected chi connectivity index (χ2v) is 5.95. The molecule has 1 atom stereocenters. The lowest BCUT2D eigenvalue weighted by Gasteiger charge is -2.30. The van der Waals surface area contributed by atoms with E-state index in [-0.39, 0.29) is 11.7 Å². The Bertz CT molecular complexity index is 688. The zero-order valence-electron chi connectivity index (χ0n) is 11.4. The molecule has 106 valence electrons. The van der Waals surface area contributed by atoms with Crippen molar-refractivity contribution in [3.8, 4) is 0 Å². The maximum absolute atomic E-state index is 12.5. The van der Waals surface area contributed by atoms with Crippen LogP contribution in [0.25, 0.3) is 0 Å². The highest BCUT2D eigenvalue weighted by Gasteiger charge is 2.37. The van der Waals surface area contributed by atoms with Gasteiger partial charge < -0.3 is 5.32 Å². The zero-order valence-corrected chi connectivity index (χ0v) is 12.3. The number of para-hydroxylation sites is 1. The van der Waals surface area contributed by atoms with Crippen LogP contribution in [0.15, 0.2) is 59.5 Å². The van der Waals surface area contributed by atoms with Gasteiger partial charge in [-0.2, -0.15) is 0 Å². The average molecular weight is 298 g/mol. The number of hydrogen-bond acceptors (Lipinski definition) is 4. The second kappa shape index (κ2) is 5.71. The molecule has 0 bridgehead atoms. The summed E-state index contributed by atoms with van der Waals surface area (Å²) in [5, 5.41) is 2.79. The summed E-state index contributed by atoms with van der Waals surface area (Å²) in [6.07, 6.45) is 0. The summed E-state index contributed by atoms with van der Waals surface area (Å²) >= 11 is 1.41. The lowest BCUT2D eigenvalue weighted by Crippen LogP contribution is -2.46. The number of rotatable bonds is 2. The monoisotopic (exact) mass is 298 g/mol. The van der Waals surface area contributed by atoms with Crippen molar-refractivity contribution in [2.45, 2.75) is 10.9 Å². The van der Waals surface area contributed by atoms with Crippen molar-refractivity contribution in [2.24, 2.45) is 0 Å². The van der Waals surface area contributed by atoms with Crippen LogP contribution in [-0.2, 0) is 4.79 Å². The van der Waals surface area contributed by atoms with Crippen LogP contribution in [-0.4, -0.2) is 29.1 Å². The van der Waals surface area contributed by atoms with Crippen molar-refractivity contribution in [1.29, 1.82) is 0 Å². The molecule has 1 N–H and O–H groups in total. The predicted molar refractivity (Wildman–Crippen MR) is 83.3 cm³/mol. The average Bonchev–Trinajstić information content (AvgIpc) is 2.48. The summed E-state index contributed by atoms with van der Waals surface area (Å²) in [5.74, 6) is -0.476. The van der Waals surface area contributed by atoms with E-state index >= 15 is 0 Å². The third kappa shape index (κ3) is 2.70. The Kier molecular flexibility index (Phi) is 3.77. The number of anilines is 1. The van der Waals surface area contributed by atoms with Crippen LogP contribution in [0.3, 0.4) is 0 Å². The normalized spacial score (nSPS) is 18.1. The molecule has 21 heavy (non-hydrogen) atoms. The quantitative estimate of drug-likeness (QED) is 0.684. The number of nitrogens with zero attached hydrogens (tertiary/aromatic N) is 1. The molecule has 4 nitrogen and oxygen atoms in total. The van der Waals surface area contributed by atoms with E-state index in [4.69, 9.17) is 0 Å². The fourth-order valence-electron chi connectivity index (χ4n) is 2.29. The molecule has 2 aromatic rings. The molecule has 1 amide bonds. The first kappa shape index (κ1) is 13.9. The van der Waals surface area contributed by atoms with Crippen LogP contribution in [0.1, 0.15) is 10.4 Å². The summed E-state index contributed by atoms with van der Waals surface area (Å²) in [6, 6.07) is 15.7. The third-order valence-corrected chi connectivity index (χ3v) is 4.35. The van der Waals surface area contributed by atoms with E-state index in [1.807, 2.05) is 36.4 Å². The van der Waals surface area contributed by atoms with E-state index in [1.54, 1.807) is 29.6 Å². The lowest BCUT2D eigenvalue weighted by atomic mass is 10.0. The van der Waals surface area contributed by atoms with Gasteiger partial charge in [0.05, 0.1) is 0 Å². The molecule has 5 heteroatoms.